The van der Waals surface area contributed by atoms with Crippen molar-refractivity contribution < 1.29 is 17.9 Å². The topological polar surface area (TPSA) is 77.4 Å². The lowest BCUT2D eigenvalue weighted by Gasteiger charge is -2.18. The predicted molar refractivity (Wildman–Crippen MR) is 81.3 cm³/mol. The standard InChI is InChI=1S/C13H21ClN2O4S/c1-5-10(8-20-4)15-13(17)12-6-11(21(14,18)19)7-16(12)9(2)3/h6-7,9-10H,5,8H2,1-4H3,(H,15,17). The van der Waals surface area contributed by atoms with Crippen molar-refractivity contribution in [1.82, 2.24) is 9.88 Å². The first-order valence-electron chi connectivity index (χ1n) is 6.67. The van der Waals surface area contributed by atoms with E-state index in [0.29, 0.717) is 13.0 Å². The Kier molecular flexibility index (Phi) is 6.24. The van der Waals surface area contributed by atoms with Gasteiger partial charge in [-0.15, -0.1) is 0 Å². The zero-order chi connectivity index (χ0) is 16.2. The Bertz CT molecular complexity index is 595. The molecule has 1 heterocycles. The van der Waals surface area contributed by atoms with Gasteiger partial charge in [0.05, 0.1) is 12.6 Å². The second-order valence-electron chi connectivity index (χ2n) is 5.03. The van der Waals surface area contributed by atoms with Crippen LogP contribution in [0.5, 0.6) is 0 Å². The number of hydrogen-bond acceptors (Lipinski definition) is 4. The highest BCUT2D eigenvalue weighted by atomic mass is 35.7. The summed E-state index contributed by atoms with van der Waals surface area (Å²) in [5.74, 6) is -0.348. The van der Waals surface area contributed by atoms with Crippen LogP contribution in [-0.2, 0) is 13.8 Å². The second kappa shape index (κ2) is 7.29. The highest BCUT2D eigenvalue weighted by molar-refractivity contribution is 8.13. The van der Waals surface area contributed by atoms with Gasteiger partial charge in [-0.25, -0.2) is 8.42 Å². The van der Waals surface area contributed by atoms with E-state index in [4.69, 9.17) is 15.4 Å². The first-order valence-corrected chi connectivity index (χ1v) is 8.98. The van der Waals surface area contributed by atoms with Gasteiger partial charge in [-0.1, -0.05) is 6.92 Å². The lowest BCUT2D eigenvalue weighted by molar-refractivity contribution is 0.0884. The molecule has 0 saturated heterocycles. The minimum Gasteiger partial charge on any atom is -0.383 e. The van der Waals surface area contributed by atoms with Crippen LogP contribution >= 0.6 is 10.7 Å². The largest absolute Gasteiger partial charge is 0.383 e. The molecule has 6 nitrogen and oxygen atoms in total. The molecule has 120 valence electrons. The van der Waals surface area contributed by atoms with Crippen molar-refractivity contribution in [2.24, 2.45) is 0 Å². The third-order valence-electron chi connectivity index (χ3n) is 3.09. The Hall–Kier alpha value is -1.05. The molecule has 1 aromatic heterocycles. The van der Waals surface area contributed by atoms with E-state index in [1.165, 1.54) is 12.3 Å². The predicted octanol–water partition coefficient (Wildman–Crippen LogP) is 2.15. The zero-order valence-corrected chi connectivity index (χ0v) is 14.2. The van der Waals surface area contributed by atoms with Gasteiger partial charge in [0.15, 0.2) is 0 Å². The molecule has 0 aliphatic carbocycles. The minimum atomic E-state index is -3.87. The number of aromatic nitrogens is 1. The van der Waals surface area contributed by atoms with Crippen LogP contribution in [0.2, 0.25) is 0 Å². The van der Waals surface area contributed by atoms with Gasteiger partial charge in [-0.05, 0) is 26.3 Å². The molecule has 0 fully saturated rings. The van der Waals surface area contributed by atoms with Gasteiger partial charge in [0.25, 0.3) is 15.0 Å². The van der Waals surface area contributed by atoms with Crippen LogP contribution in [-0.4, -0.2) is 38.7 Å². The number of methoxy groups -OCH3 is 1. The molecule has 1 amide bonds. The van der Waals surface area contributed by atoms with Gasteiger partial charge in [0, 0.05) is 30.0 Å². The van der Waals surface area contributed by atoms with Crippen LogP contribution in [0.4, 0.5) is 0 Å². The molecule has 0 bridgehead atoms. The molecule has 1 N–H and O–H groups in total. The fraction of sp³-hybridized carbons (Fsp3) is 0.615. The Morgan fingerprint density at radius 3 is 2.52 bits per heavy atom. The van der Waals surface area contributed by atoms with Crippen molar-refractivity contribution in [2.75, 3.05) is 13.7 Å². The molecule has 0 aromatic carbocycles. The van der Waals surface area contributed by atoms with Gasteiger partial charge >= 0.3 is 0 Å². The normalized spacial score (nSPS) is 13.4. The highest BCUT2D eigenvalue weighted by Gasteiger charge is 2.22. The first kappa shape index (κ1) is 18.0. The van der Waals surface area contributed by atoms with E-state index in [9.17, 15) is 13.2 Å². The van der Waals surface area contributed by atoms with Gasteiger partial charge < -0.3 is 14.6 Å². The van der Waals surface area contributed by atoms with Crippen molar-refractivity contribution in [3.63, 3.8) is 0 Å². The molecule has 1 rings (SSSR count). The first-order chi connectivity index (χ1) is 9.70. The molecule has 8 heteroatoms. The third-order valence-corrected chi connectivity index (χ3v) is 4.41. The van der Waals surface area contributed by atoms with Crippen LogP contribution < -0.4 is 5.32 Å². The maximum atomic E-state index is 12.3. The number of ether oxygens (including phenoxy) is 1. The molecule has 1 aromatic rings. The molecule has 21 heavy (non-hydrogen) atoms. The van der Waals surface area contributed by atoms with Crippen LogP contribution in [0.15, 0.2) is 17.2 Å². The summed E-state index contributed by atoms with van der Waals surface area (Å²) in [4.78, 5) is 12.2. The maximum Gasteiger partial charge on any atom is 0.268 e. The average molecular weight is 337 g/mol. The number of nitrogens with one attached hydrogen (secondary N) is 1. The van der Waals surface area contributed by atoms with E-state index < -0.39 is 9.05 Å². The molecule has 0 aliphatic rings. The smallest absolute Gasteiger partial charge is 0.268 e. The molecular weight excluding hydrogens is 316 g/mol. The average Bonchev–Trinajstić information content (AvgIpc) is 2.83. The molecule has 1 unspecified atom stereocenters. The number of nitrogens with zero attached hydrogens (tertiary/aromatic N) is 1. The number of halogens is 1. The SMILES string of the molecule is CCC(COC)NC(=O)c1cc(S(=O)(=O)Cl)cn1C(C)C. The van der Waals surface area contributed by atoms with Gasteiger partial charge in [0.2, 0.25) is 0 Å². The van der Waals surface area contributed by atoms with E-state index >= 15 is 0 Å². The van der Waals surface area contributed by atoms with Crippen LogP contribution in [0.25, 0.3) is 0 Å². The van der Waals surface area contributed by atoms with Crippen molar-refractivity contribution in [3.8, 4) is 0 Å². The van der Waals surface area contributed by atoms with E-state index in [1.54, 1.807) is 11.7 Å². The van der Waals surface area contributed by atoms with Crippen molar-refractivity contribution in [3.05, 3.63) is 18.0 Å². The Labute approximate surface area is 129 Å². The van der Waals surface area contributed by atoms with Gasteiger partial charge in [-0.2, -0.15) is 0 Å². The highest BCUT2D eigenvalue weighted by Crippen LogP contribution is 2.22. The van der Waals surface area contributed by atoms with Crippen LogP contribution in [0, 0.1) is 0 Å². The number of carbonyl (C=O) groups is 1. The van der Waals surface area contributed by atoms with E-state index in [2.05, 4.69) is 5.32 Å². The van der Waals surface area contributed by atoms with E-state index in [-0.39, 0.29) is 28.6 Å². The molecule has 0 radical (unpaired) electrons. The Morgan fingerprint density at radius 2 is 2.10 bits per heavy atom. The number of rotatable bonds is 7. The van der Waals surface area contributed by atoms with Crippen LogP contribution in [0.3, 0.4) is 0 Å². The summed E-state index contributed by atoms with van der Waals surface area (Å²) in [5.41, 5.74) is 0.263. The summed E-state index contributed by atoms with van der Waals surface area (Å²) in [6.45, 7) is 6.03. The van der Waals surface area contributed by atoms with Crippen LogP contribution in [0.1, 0.15) is 43.7 Å². The molecule has 0 spiro atoms. The lowest BCUT2D eigenvalue weighted by atomic mass is 10.2. The van der Waals surface area contributed by atoms with E-state index in [0.717, 1.165) is 0 Å². The summed E-state index contributed by atoms with van der Waals surface area (Å²) in [6.07, 6.45) is 2.09. The quantitative estimate of drug-likeness (QED) is 0.774. The molecular formula is C13H21ClN2O4S. The number of carbonyl (C=O) groups excluding carboxylic acids is 1. The van der Waals surface area contributed by atoms with Crippen molar-refractivity contribution >= 4 is 25.6 Å². The Morgan fingerprint density at radius 1 is 1.48 bits per heavy atom. The Balaban J connectivity index is 3.10. The fourth-order valence-corrected chi connectivity index (χ4v) is 2.66. The van der Waals surface area contributed by atoms with Crippen molar-refractivity contribution in [2.45, 2.75) is 44.2 Å². The van der Waals surface area contributed by atoms with E-state index in [1.807, 2.05) is 20.8 Å². The lowest BCUT2D eigenvalue weighted by Crippen LogP contribution is -2.38. The van der Waals surface area contributed by atoms with Gasteiger partial charge in [-0.3, -0.25) is 4.79 Å². The fourth-order valence-electron chi connectivity index (χ4n) is 1.92. The molecule has 1 atom stereocenters. The van der Waals surface area contributed by atoms with Gasteiger partial charge in [0.1, 0.15) is 10.6 Å². The summed E-state index contributed by atoms with van der Waals surface area (Å²) in [6, 6.07) is 1.09. The summed E-state index contributed by atoms with van der Waals surface area (Å²) in [5, 5.41) is 2.82. The molecule has 0 aliphatic heterocycles. The maximum absolute atomic E-state index is 12.3. The summed E-state index contributed by atoms with van der Waals surface area (Å²) < 4.78 is 29.5. The monoisotopic (exact) mass is 336 g/mol. The summed E-state index contributed by atoms with van der Waals surface area (Å²) in [7, 11) is 3.03. The second-order valence-corrected chi connectivity index (χ2v) is 7.60. The third kappa shape index (κ3) is 4.72. The number of hydrogen-bond donors (Lipinski definition) is 1. The minimum absolute atomic E-state index is 0.0691. The zero-order valence-electron chi connectivity index (χ0n) is 12.6. The van der Waals surface area contributed by atoms with Crippen molar-refractivity contribution in [1.29, 1.82) is 0 Å². The summed E-state index contributed by atoms with van der Waals surface area (Å²) >= 11 is 0. The number of amides is 1. The molecule has 0 saturated carbocycles.